The van der Waals surface area contributed by atoms with Crippen molar-refractivity contribution in [2.24, 2.45) is 0 Å². The predicted octanol–water partition coefficient (Wildman–Crippen LogP) is 1.44. The van der Waals surface area contributed by atoms with E-state index in [2.05, 4.69) is 0 Å². The van der Waals surface area contributed by atoms with Gasteiger partial charge in [-0.3, -0.25) is 9.59 Å². The first-order valence-corrected chi connectivity index (χ1v) is 4.52. The van der Waals surface area contributed by atoms with E-state index in [9.17, 15) is 9.59 Å². The molecule has 5 nitrogen and oxygen atoms in total. The fourth-order valence-corrected chi connectivity index (χ4v) is 1.29. The highest BCUT2D eigenvalue weighted by molar-refractivity contribution is 5.83. The zero-order chi connectivity index (χ0) is 12.1. The van der Waals surface area contributed by atoms with Crippen LogP contribution in [-0.4, -0.2) is 26.5 Å². The lowest BCUT2D eigenvalue weighted by atomic mass is 10.2. The van der Waals surface area contributed by atoms with Crippen LogP contribution in [0.3, 0.4) is 0 Å². The maximum atomic E-state index is 10.8. The van der Waals surface area contributed by atoms with Gasteiger partial charge >= 0.3 is 5.97 Å². The molecule has 0 spiro atoms. The van der Waals surface area contributed by atoms with Crippen molar-refractivity contribution < 1.29 is 23.8 Å². The number of carbonyl (C=O) groups excluding carboxylic acids is 2. The Hall–Kier alpha value is -2.04. The van der Waals surface area contributed by atoms with Gasteiger partial charge in [-0.2, -0.15) is 0 Å². The summed E-state index contributed by atoms with van der Waals surface area (Å²) in [6.07, 6.45) is 0.638. The lowest BCUT2D eigenvalue weighted by molar-refractivity contribution is -0.132. The molecule has 0 aliphatic rings. The lowest BCUT2D eigenvalue weighted by Gasteiger charge is -2.13. The van der Waals surface area contributed by atoms with Crippen LogP contribution < -0.4 is 14.2 Å². The molecule has 0 aromatic heterocycles. The third kappa shape index (κ3) is 2.31. The van der Waals surface area contributed by atoms with Gasteiger partial charge in [0.1, 0.15) is 0 Å². The largest absolute Gasteiger partial charge is 0.492 e. The van der Waals surface area contributed by atoms with E-state index in [4.69, 9.17) is 14.2 Å². The van der Waals surface area contributed by atoms with Crippen molar-refractivity contribution in [2.45, 2.75) is 6.92 Å². The van der Waals surface area contributed by atoms with E-state index in [0.717, 1.165) is 0 Å². The van der Waals surface area contributed by atoms with Crippen molar-refractivity contribution in [2.75, 3.05) is 14.2 Å². The van der Waals surface area contributed by atoms with Crippen LogP contribution in [0.25, 0.3) is 0 Å². The van der Waals surface area contributed by atoms with Crippen molar-refractivity contribution >= 4 is 12.3 Å². The molecule has 1 rings (SSSR count). The van der Waals surface area contributed by atoms with Crippen LogP contribution in [0.4, 0.5) is 0 Å². The minimum Gasteiger partial charge on any atom is -0.492 e. The Balaban J connectivity index is 3.30. The molecule has 0 N–H and O–H groups in total. The fourth-order valence-electron chi connectivity index (χ4n) is 1.29. The van der Waals surface area contributed by atoms with E-state index in [1.807, 2.05) is 0 Å². The number of benzene rings is 1. The summed E-state index contributed by atoms with van der Waals surface area (Å²) in [5.41, 5.74) is 0.329. The van der Waals surface area contributed by atoms with Crippen LogP contribution >= 0.6 is 0 Å². The number of esters is 1. The molecule has 0 amide bonds. The van der Waals surface area contributed by atoms with Crippen LogP contribution in [0.2, 0.25) is 0 Å². The highest BCUT2D eigenvalue weighted by Crippen LogP contribution is 2.39. The first kappa shape index (κ1) is 12.0. The Bertz CT molecular complexity index is 411. The van der Waals surface area contributed by atoms with Gasteiger partial charge < -0.3 is 14.2 Å². The zero-order valence-corrected chi connectivity index (χ0v) is 9.27. The summed E-state index contributed by atoms with van der Waals surface area (Å²) < 4.78 is 15.0. The molecule has 1 aromatic carbocycles. The molecule has 5 heteroatoms. The van der Waals surface area contributed by atoms with E-state index < -0.39 is 5.97 Å². The van der Waals surface area contributed by atoms with Gasteiger partial charge in [-0.25, -0.2) is 0 Å². The van der Waals surface area contributed by atoms with E-state index >= 15 is 0 Å². The molecule has 0 atom stereocenters. The van der Waals surface area contributed by atoms with Gasteiger partial charge in [0.25, 0.3) is 0 Å². The Morgan fingerprint density at radius 1 is 1.19 bits per heavy atom. The fraction of sp³-hybridized carbons (Fsp3) is 0.273. The average molecular weight is 224 g/mol. The highest BCUT2D eigenvalue weighted by atomic mass is 16.6. The van der Waals surface area contributed by atoms with Crippen LogP contribution in [0.5, 0.6) is 17.2 Å². The summed E-state index contributed by atoms with van der Waals surface area (Å²) in [5.74, 6) is 0.218. The van der Waals surface area contributed by atoms with Crippen LogP contribution in [0, 0.1) is 0 Å². The summed E-state index contributed by atoms with van der Waals surface area (Å²) in [6, 6.07) is 2.97. The number of carbonyl (C=O) groups is 2. The number of hydrogen-bond donors (Lipinski definition) is 0. The normalized spacial score (nSPS) is 9.44. The summed E-state index contributed by atoms with van der Waals surface area (Å²) in [4.78, 5) is 21.6. The van der Waals surface area contributed by atoms with Gasteiger partial charge in [-0.05, 0) is 12.1 Å². The minimum absolute atomic E-state index is 0.220. The molecular weight excluding hydrogens is 212 g/mol. The molecule has 1 aromatic rings. The number of hydrogen-bond acceptors (Lipinski definition) is 5. The number of ether oxygens (including phenoxy) is 3. The molecule has 0 unspecified atom stereocenters. The Kier molecular flexibility index (Phi) is 3.88. The quantitative estimate of drug-likeness (QED) is 0.440. The van der Waals surface area contributed by atoms with Gasteiger partial charge in [0.2, 0.25) is 5.75 Å². The molecule has 0 aliphatic heterocycles. The second kappa shape index (κ2) is 5.16. The summed E-state index contributed by atoms with van der Waals surface area (Å²) in [7, 11) is 2.81. The minimum atomic E-state index is -0.473. The standard InChI is InChI=1S/C11H12O5/c1-7(13)16-9-5-4-8(6-12)10(14-2)11(9)15-3/h4-6H,1-3H3. The molecule has 0 fully saturated rings. The van der Waals surface area contributed by atoms with Gasteiger partial charge in [0.15, 0.2) is 17.8 Å². The van der Waals surface area contributed by atoms with Crippen molar-refractivity contribution in [3.63, 3.8) is 0 Å². The smallest absolute Gasteiger partial charge is 0.308 e. The number of aldehydes is 1. The van der Waals surface area contributed by atoms with Crippen LogP contribution in [-0.2, 0) is 4.79 Å². The maximum absolute atomic E-state index is 10.8. The van der Waals surface area contributed by atoms with Crippen molar-refractivity contribution in [1.82, 2.24) is 0 Å². The topological polar surface area (TPSA) is 61.8 Å². The highest BCUT2D eigenvalue weighted by Gasteiger charge is 2.16. The third-order valence-corrected chi connectivity index (χ3v) is 1.90. The molecular formula is C11H12O5. The Morgan fingerprint density at radius 3 is 2.25 bits per heavy atom. The molecule has 0 radical (unpaired) electrons. The summed E-state index contributed by atoms with van der Waals surface area (Å²) in [5, 5.41) is 0. The average Bonchev–Trinajstić information content (AvgIpc) is 2.27. The Morgan fingerprint density at radius 2 is 1.81 bits per heavy atom. The Labute approximate surface area is 92.9 Å². The lowest BCUT2D eigenvalue weighted by Crippen LogP contribution is -2.05. The van der Waals surface area contributed by atoms with Crippen LogP contribution in [0.15, 0.2) is 12.1 Å². The van der Waals surface area contributed by atoms with Gasteiger partial charge in [-0.1, -0.05) is 0 Å². The van der Waals surface area contributed by atoms with Crippen LogP contribution in [0.1, 0.15) is 17.3 Å². The first-order valence-electron chi connectivity index (χ1n) is 4.52. The maximum Gasteiger partial charge on any atom is 0.308 e. The van der Waals surface area contributed by atoms with Gasteiger partial charge in [-0.15, -0.1) is 0 Å². The van der Waals surface area contributed by atoms with E-state index in [1.165, 1.54) is 33.3 Å². The van der Waals surface area contributed by atoms with E-state index in [-0.39, 0.29) is 17.2 Å². The monoisotopic (exact) mass is 224 g/mol. The third-order valence-electron chi connectivity index (χ3n) is 1.90. The number of methoxy groups -OCH3 is 2. The van der Waals surface area contributed by atoms with Crippen molar-refractivity contribution in [3.8, 4) is 17.2 Å². The van der Waals surface area contributed by atoms with E-state index in [1.54, 1.807) is 0 Å². The van der Waals surface area contributed by atoms with Crippen molar-refractivity contribution in [1.29, 1.82) is 0 Å². The zero-order valence-electron chi connectivity index (χ0n) is 9.27. The van der Waals surface area contributed by atoms with Gasteiger partial charge in [0, 0.05) is 6.92 Å². The second-order valence-corrected chi connectivity index (χ2v) is 2.93. The molecule has 16 heavy (non-hydrogen) atoms. The summed E-state index contributed by atoms with van der Waals surface area (Å²) in [6.45, 7) is 1.28. The van der Waals surface area contributed by atoms with E-state index in [0.29, 0.717) is 11.8 Å². The second-order valence-electron chi connectivity index (χ2n) is 2.93. The molecule has 0 saturated heterocycles. The molecule has 86 valence electrons. The first-order chi connectivity index (χ1) is 7.63. The molecule has 0 saturated carbocycles. The molecule has 0 bridgehead atoms. The summed E-state index contributed by atoms with van der Waals surface area (Å²) >= 11 is 0. The number of rotatable bonds is 4. The molecule has 0 aliphatic carbocycles. The SMILES string of the molecule is COc1c(C=O)ccc(OC(C)=O)c1OC. The van der Waals surface area contributed by atoms with Crippen molar-refractivity contribution in [3.05, 3.63) is 17.7 Å². The molecule has 0 heterocycles. The van der Waals surface area contributed by atoms with Gasteiger partial charge in [0.05, 0.1) is 19.8 Å². The predicted molar refractivity (Wildman–Crippen MR) is 56.2 cm³/mol.